The third kappa shape index (κ3) is 4.71. The predicted octanol–water partition coefficient (Wildman–Crippen LogP) is 3.01. The smallest absolute Gasteiger partial charge is 0.291 e. The maximum Gasteiger partial charge on any atom is 0.291 e. The summed E-state index contributed by atoms with van der Waals surface area (Å²) in [5, 5.41) is 0. The fourth-order valence-electron chi connectivity index (χ4n) is 4.14. The first-order valence-electron chi connectivity index (χ1n) is 10.7. The lowest BCUT2D eigenvalue weighted by atomic mass is 9.85. The number of amides is 1. The zero-order valence-corrected chi connectivity index (χ0v) is 19.5. The molecule has 0 aromatic heterocycles. The molecule has 2 unspecified atom stereocenters. The van der Waals surface area contributed by atoms with E-state index in [1.807, 2.05) is 6.92 Å². The Balaban J connectivity index is 2.10. The number of ketones is 2. The van der Waals surface area contributed by atoms with E-state index < -0.39 is 29.4 Å². The molecule has 176 valence electrons. The maximum absolute atomic E-state index is 13.6. The Bertz CT molecular complexity index is 1050. The van der Waals surface area contributed by atoms with Crippen molar-refractivity contribution >= 4 is 17.5 Å². The van der Waals surface area contributed by atoms with Gasteiger partial charge in [-0.2, -0.15) is 0 Å². The number of methoxy groups -OCH3 is 3. The minimum absolute atomic E-state index is 0.173. The van der Waals surface area contributed by atoms with Gasteiger partial charge in [0.05, 0.1) is 33.5 Å². The van der Waals surface area contributed by atoms with E-state index in [2.05, 4.69) is 0 Å². The van der Waals surface area contributed by atoms with Gasteiger partial charge in [0.2, 0.25) is 5.78 Å². The summed E-state index contributed by atoms with van der Waals surface area (Å²) in [6, 6.07) is 9.42. The minimum Gasteiger partial charge on any atom is -0.497 e. The van der Waals surface area contributed by atoms with Crippen LogP contribution in [0.5, 0.6) is 17.2 Å². The van der Waals surface area contributed by atoms with Crippen LogP contribution in [-0.2, 0) is 14.3 Å². The third-order valence-corrected chi connectivity index (χ3v) is 5.75. The lowest BCUT2D eigenvalue weighted by Crippen LogP contribution is -2.33. The molecule has 3 rings (SSSR count). The van der Waals surface area contributed by atoms with Gasteiger partial charge in [-0.25, -0.2) is 0 Å². The highest BCUT2D eigenvalue weighted by molar-refractivity contribution is 6.44. The Labute approximate surface area is 193 Å². The molecule has 0 spiro atoms. The molecule has 0 aliphatic carbocycles. The van der Waals surface area contributed by atoms with Crippen molar-refractivity contribution in [3.05, 3.63) is 53.1 Å². The van der Waals surface area contributed by atoms with E-state index in [1.54, 1.807) is 50.4 Å². The molecule has 1 aliphatic heterocycles. The van der Waals surface area contributed by atoms with Crippen molar-refractivity contribution in [2.24, 2.45) is 5.92 Å². The number of carbonyl (C=O) groups excluding carboxylic acids is 3. The van der Waals surface area contributed by atoms with Crippen LogP contribution in [0.1, 0.15) is 34.5 Å². The molecule has 33 heavy (non-hydrogen) atoms. The van der Waals surface area contributed by atoms with Gasteiger partial charge >= 0.3 is 0 Å². The topological polar surface area (TPSA) is 91.4 Å². The van der Waals surface area contributed by atoms with E-state index >= 15 is 0 Å². The van der Waals surface area contributed by atoms with E-state index in [-0.39, 0.29) is 13.2 Å². The zero-order valence-electron chi connectivity index (χ0n) is 19.5. The Morgan fingerprint density at radius 3 is 2.36 bits per heavy atom. The summed E-state index contributed by atoms with van der Waals surface area (Å²) < 4.78 is 21.4. The summed E-state index contributed by atoms with van der Waals surface area (Å²) in [5.74, 6) is -1.43. The quantitative estimate of drug-likeness (QED) is 0.309. The second-order valence-corrected chi connectivity index (χ2v) is 7.67. The Morgan fingerprint density at radius 1 is 1.00 bits per heavy atom. The molecule has 0 N–H and O–H groups in total. The first-order chi connectivity index (χ1) is 15.9. The van der Waals surface area contributed by atoms with Crippen LogP contribution in [0.25, 0.3) is 0 Å². The highest BCUT2D eigenvalue weighted by Gasteiger charge is 2.51. The molecule has 1 heterocycles. The molecule has 2 atom stereocenters. The number of rotatable bonds is 10. The van der Waals surface area contributed by atoms with Crippen LogP contribution in [0.2, 0.25) is 0 Å². The number of likely N-dealkylation sites (tertiary alicyclic amines) is 1. The first-order valence-corrected chi connectivity index (χ1v) is 10.7. The van der Waals surface area contributed by atoms with Gasteiger partial charge in [-0.15, -0.1) is 0 Å². The number of ether oxygens (including phenoxy) is 4. The molecule has 0 bridgehead atoms. The average molecular weight is 456 g/mol. The second-order valence-electron chi connectivity index (χ2n) is 7.67. The van der Waals surface area contributed by atoms with Gasteiger partial charge in [0.1, 0.15) is 11.7 Å². The molecular weight excluding hydrogens is 426 g/mol. The second kappa shape index (κ2) is 10.5. The average Bonchev–Trinajstić information content (AvgIpc) is 3.07. The van der Waals surface area contributed by atoms with Crippen LogP contribution in [0.4, 0.5) is 0 Å². The first kappa shape index (κ1) is 24.3. The van der Waals surface area contributed by atoms with Crippen molar-refractivity contribution in [2.45, 2.75) is 19.9 Å². The number of nitrogens with zero attached hydrogens (tertiary/aromatic N) is 1. The van der Waals surface area contributed by atoms with Gasteiger partial charge in [-0.1, -0.05) is 6.07 Å². The van der Waals surface area contributed by atoms with Gasteiger partial charge in [-0.05, 0) is 55.3 Å². The summed E-state index contributed by atoms with van der Waals surface area (Å²) in [6.07, 6.45) is 0. The van der Waals surface area contributed by atoms with E-state index in [1.165, 1.54) is 19.1 Å². The van der Waals surface area contributed by atoms with E-state index in [9.17, 15) is 14.4 Å². The standard InChI is InChI=1S/C25H29NO7/c1-6-33-19-10-7-16(14-20(19)32-5)22-21(24(28)25(29)26(22)11-12-30-3)23(27)18-9-8-17(31-4)13-15(18)2/h7-10,13-14,21-22H,6,11-12H2,1-5H3. The van der Waals surface area contributed by atoms with Gasteiger partial charge in [0.25, 0.3) is 5.91 Å². The summed E-state index contributed by atoms with van der Waals surface area (Å²) >= 11 is 0. The van der Waals surface area contributed by atoms with Crippen LogP contribution in [0.3, 0.4) is 0 Å². The number of Topliss-reactive ketones (excluding diaryl/α,β-unsaturated/α-hetero) is 2. The normalized spacial score (nSPS) is 17.9. The number of benzene rings is 2. The van der Waals surface area contributed by atoms with Gasteiger partial charge in [0, 0.05) is 19.2 Å². The highest BCUT2D eigenvalue weighted by atomic mass is 16.5. The van der Waals surface area contributed by atoms with Crippen molar-refractivity contribution in [3.8, 4) is 17.2 Å². The molecule has 8 heteroatoms. The summed E-state index contributed by atoms with van der Waals surface area (Å²) in [4.78, 5) is 41.1. The largest absolute Gasteiger partial charge is 0.497 e. The molecule has 2 aromatic carbocycles. The fourth-order valence-corrected chi connectivity index (χ4v) is 4.14. The molecular formula is C25H29NO7. The van der Waals surface area contributed by atoms with E-state index in [0.29, 0.717) is 40.5 Å². The fraction of sp³-hybridized carbons (Fsp3) is 0.400. The van der Waals surface area contributed by atoms with Crippen molar-refractivity contribution in [2.75, 3.05) is 41.1 Å². The lowest BCUT2D eigenvalue weighted by molar-refractivity contribution is -0.141. The van der Waals surface area contributed by atoms with Crippen LogP contribution < -0.4 is 14.2 Å². The van der Waals surface area contributed by atoms with Crippen molar-refractivity contribution < 1.29 is 33.3 Å². The predicted molar refractivity (Wildman–Crippen MR) is 121 cm³/mol. The zero-order chi connectivity index (χ0) is 24.1. The number of hydrogen-bond donors (Lipinski definition) is 0. The van der Waals surface area contributed by atoms with E-state index in [0.717, 1.165) is 0 Å². The Morgan fingerprint density at radius 2 is 1.76 bits per heavy atom. The monoisotopic (exact) mass is 455 g/mol. The number of aryl methyl sites for hydroxylation is 1. The van der Waals surface area contributed by atoms with Crippen molar-refractivity contribution in [3.63, 3.8) is 0 Å². The third-order valence-electron chi connectivity index (χ3n) is 5.75. The number of hydrogen-bond acceptors (Lipinski definition) is 7. The van der Waals surface area contributed by atoms with Gasteiger partial charge in [-0.3, -0.25) is 14.4 Å². The van der Waals surface area contributed by atoms with E-state index in [4.69, 9.17) is 18.9 Å². The molecule has 1 aliphatic rings. The maximum atomic E-state index is 13.6. The summed E-state index contributed by atoms with van der Waals surface area (Å²) in [6.45, 7) is 4.49. The molecule has 1 fully saturated rings. The summed E-state index contributed by atoms with van der Waals surface area (Å²) in [5.41, 5.74) is 1.64. The molecule has 2 aromatic rings. The van der Waals surface area contributed by atoms with Crippen LogP contribution in [0, 0.1) is 12.8 Å². The van der Waals surface area contributed by atoms with Crippen LogP contribution in [0.15, 0.2) is 36.4 Å². The van der Waals surface area contributed by atoms with Gasteiger partial charge in [0.15, 0.2) is 17.3 Å². The SMILES string of the molecule is CCOc1ccc(C2C(C(=O)c3ccc(OC)cc3C)C(=O)C(=O)N2CCOC)cc1OC. The molecule has 0 saturated carbocycles. The molecule has 1 amide bonds. The Kier molecular flexibility index (Phi) is 7.71. The van der Waals surface area contributed by atoms with Crippen molar-refractivity contribution in [1.29, 1.82) is 0 Å². The minimum atomic E-state index is -1.19. The van der Waals surface area contributed by atoms with Crippen LogP contribution >= 0.6 is 0 Å². The number of carbonyl (C=O) groups is 3. The highest BCUT2D eigenvalue weighted by Crippen LogP contribution is 2.41. The summed E-state index contributed by atoms with van der Waals surface area (Å²) in [7, 11) is 4.57. The molecule has 1 saturated heterocycles. The Hall–Kier alpha value is -3.39. The lowest BCUT2D eigenvalue weighted by Gasteiger charge is -2.27. The van der Waals surface area contributed by atoms with Crippen molar-refractivity contribution in [1.82, 2.24) is 4.90 Å². The van der Waals surface area contributed by atoms with Gasteiger partial charge < -0.3 is 23.8 Å². The molecule has 0 radical (unpaired) electrons. The van der Waals surface area contributed by atoms with Crippen LogP contribution in [-0.4, -0.2) is 63.5 Å². The molecule has 8 nitrogen and oxygen atoms in total.